The predicted octanol–water partition coefficient (Wildman–Crippen LogP) is 4.01. The first-order valence-electron chi connectivity index (χ1n) is 7.73. The molecule has 3 aromatic heterocycles. The molecule has 3 heterocycles. The van der Waals surface area contributed by atoms with Crippen LogP contribution in [0.1, 0.15) is 11.3 Å². The highest BCUT2D eigenvalue weighted by atomic mass is 32.1. The van der Waals surface area contributed by atoms with Crippen LogP contribution >= 0.6 is 11.3 Å². The summed E-state index contributed by atoms with van der Waals surface area (Å²) in [5, 5.41) is 8.76. The summed E-state index contributed by atoms with van der Waals surface area (Å²) >= 11 is 1.69. The number of thiophene rings is 1. The fraction of sp³-hybridized carbons (Fsp3) is 0.167. The molecule has 5 nitrogen and oxygen atoms in total. The third-order valence-corrected chi connectivity index (χ3v) is 5.26. The van der Waals surface area contributed by atoms with Crippen LogP contribution in [0.3, 0.4) is 0 Å². The molecule has 120 valence electrons. The standard InChI is InChI=1S/C18H17N5S/c1-12-14(10-22-23(12)2)9-19-17-15-8-16(13-6-4-3-5-7-13)24-18(15)21-11-20-17/h3-8,10-11H,9H2,1-2H3,(H,19,20,21). The average molecular weight is 335 g/mol. The quantitative estimate of drug-likeness (QED) is 0.612. The Morgan fingerprint density at radius 2 is 2.00 bits per heavy atom. The minimum Gasteiger partial charge on any atom is -0.365 e. The van der Waals surface area contributed by atoms with E-state index in [-0.39, 0.29) is 0 Å². The number of benzene rings is 1. The molecular formula is C18H17N5S. The first-order valence-corrected chi connectivity index (χ1v) is 8.55. The number of anilines is 1. The summed E-state index contributed by atoms with van der Waals surface area (Å²) in [7, 11) is 1.95. The smallest absolute Gasteiger partial charge is 0.138 e. The summed E-state index contributed by atoms with van der Waals surface area (Å²) < 4.78 is 1.88. The Hall–Kier alpha value is -2.73. The summed E-state index contributed by atoms with van der Waals surface area (Å²) in [6.07, 6.45) is 3.51. The van der Waals surface area contributed by atoms with Crippen molar-refractivity contribution < 1.29 is 0 Å². The fourth-order valence-corrected chi connectivity index (χ4v) is 3.64. The predicted molar refractivity (Wildman–Crippen MR) is 98.1 cm³/mol. The van der Waals surface area contributed by atoms with Crippen LogP contribution in [0.2, 0.25) is 0 Å². The third kappa shape index (κ3) is 2.65. The van der Waals surface area contributed by atoms with Crippen LogP contribution in [0.4, 0.5) is 5.82 Å². The molecule has 0 saturated carbocycles. The molecule has 6 heteroatoms. The van der Waals surface area contributed by atoms with Crippen LogP contribution in [0.25, 0.3) is 20.7 Å². The maximum Gasteiger partial charge on any atom is 0.138 e. The topological polar surface area (TPSA) is 55.6 Å². The molecule has 0 aliphatic rings. The van der Waals surface area contributed by atoms with Crippen LogP contribution < -0.4 is 5.32 Å². The highest BCUT2D eigenvalue weighted by molar-refractivity contribution is 7.21. The minimum absolute atomic E-state index is 0.697. The Balaban J connectivity index is 1.66. The van der Waals surface area contributed by atoms with Crippen molar-refractivity contribution in [3.8, 4) is 10.4 Å². The Kier molecular flexibility index (Phi) is 3.74. The Labute approximate surface area is 144 Å². The summed E-state index contributed by atoms with van der Waals surface area (Å²) in [6, 6.07) is 12.5. The molecule has 0 amide bonds. The molecule has 0 spiro atoms. The van der Waals surface area contributed by atoms with Gasteiger partial charge in [0.05, 0.1) is 11.6 Å². The van der Waals surface area contributed by atoms with E-state index < -0.39 is 0 Å². The average Bonchev–Trinajstić information content (AvgIpc) is 3.19. The molecule has 0 aliphatic carbocycles. The Morgan fingerprint density at radius 3 is 2.75 bits per heavy atom. The molecular weight excluding hydrogens is 318 g/mol. The zero-order valence-corrected chi connectivity index (χ0v) is 14.3. The maximum absolute atomic E-state index is 4.42. The van der Waals surface area contributed by atoms with E-state index in [0.717, 1.165) is 21.7 Å². The van der Waals surface area contributed by atoms with Gasteiger partial charge in [0.2, 0.25) is 0 Å². The lowest BCUT2D eigenvalue weighted by atomic mass is 10.2. The summed E-state index contributed by atoms with van der Waals surface area (Å²) in [5.41, 5.74) is 3.53. The van der Waals surface area contributed by atoms with Crippen LogP contribution in [0, 0.1) is 6.92 Å². The van der Waals surface area contributed by atoms with Gasteiger partial charge in [0.25, 0.3) is 0 Å². The molecule has 0 saturated heterocycles. The molecule has 1 N–H and O–H groups in total. The highest BCUT2D eigenvalue weighted by Gasteiger charge is 2.11. The van der Waals surface area contributed by atoms with Gasteiger partial charge in [-0.2, -0.15) is 5.10 Å². The van der Waals surface area contributed by atoms with Gasteiger partial charge < -0.3 is 5.32 Å². The number of rotatable bonds is 4. The van der Waals surface area contributed by atoms with E-state index in [4.69, 9.17) is 0 Å². The van der Waals surface area contributed by atoms with Crippen molar-refractivity contribution in [1.29, 1.82) is 0 Å². The molecule has 0 atom stereocenters. The van der Waals surface area contributed by atoms with Crippen LogP contribution in [-0.2, 0) is 13.6 Å². The normalized spacial score (nSPS) is 11.1. The van der Waals surface area contributed by atoms with Crippen LogP contribution in [0.15, 0.2) is 48.9 Å². The lowest BCUT2D eigenvalue weighted by Gasteiger charge is -2.06. The van der Waals surface area contributed by atoms with Crippen LogP contribution in [0.5, 0.6) is 0 Å². The number of aryl methyl sites for hydroxylation is 1. The van der Waals surface area contributed by atoms with E-state index in [1.54, 1.807) is 17.7 Å². The molecule has 0 fully saturated rings. The lowest BCUT2D eigenvalue weighted by Crippen LogP contribution is -2.03. The molecule has 4 aromatic rings. The first kappa shape index (κ1) is 14.8. The van der Waals surface area contributed by atoms with E-state index in [0.29, 0.717) is 6.54 Å². The molecule has 0 unspecified atom stereocenters. The van der Waals surface area contributed by atoms with Crippen molar-refractivity contribution >= 4 is 27.4 Å². The molecule has 0 bridgehead atoms. The van der Waals surface area contributed by atoms with Crippen molar-refractivity contribution in [2.24, 2.45) is 7.05 Å². The Bertz CT molecular complexity index is 987. The number of hydrogen-bond acceptors (Lipinski definition) is 5. The third-order valence-electron chi connectivity index (χ3n) is 4.17. The van der Waals surface area contributed by atoms with Gasteiger partial charge >= 0.3 is 0 Å². The number of fused-ring (bicyclic) bond motifs is 1. The van der Waals surface area contributed by atoms with E-state index in [1.165, 1.54) is 16.0 Å². The second-order valence-electron chi connectivity index (χ2n) is 5.65. The molecule has 24 heavy (non-hydrogen) atoms. The summed E-state index contributed by atoms with van der Waals surface area (Å²) in [4.78, 5) is 11.0. The lowest BCUT2D eigenvalue weighted by molar-refractivity contribution is 0.738. The second-order valence-corrected chi connectivity index (χ2v) is 6.68. The van der Waals surface area contributed by atoms with Crippen molar-refractivity contribution in [2.45, 2.75) is 13.5 Å². The minimum atomic E-state index is 0.697. The highest BCUT2D eigenvalue weighted by Crippen LogP contribution is 2.34. The number of hydrogen-bond donors (Lipinski definition) is 1. The van der Waals surface area contributed by atoms with Gasteiger partial charge in [0.1, 0.15) is 17.0 Å². The summed E-state index contributed by atoms with van der Waals surface area (Å²) in [5.74, 6) is 0.863. The van der Waals surface area contributed by atoms with Crippen molar-refractivity contribution in [3.63, 3.8) is 0 Å². The van der Waals surface area contributed by atoms with Crippen molar-refractivity contribution in [1.82, 2.24) is 19.7 Å². The SMILES string of the molecule is Cc1c(CNc2ncnc3sc(-c4ccccc4)cc23)cnn1C. The zero-order chi connectivity index (χ0) is 16.5. The molecule has 0 aliphatic heterocycles. The van der Waals surface area contributed by atoms with Crippen LogP contribution in [-0.4, -0.2) is 19.7 Å². The van der Waals surface area contributed by atoms with E-state index in [9.17, 15) is 0 Å². The van der Waals surface area contributed by atoms with Gasteiger partial charge in [-0.15, -0.1) is 11.3 Å². The monoisotopic (exact) mass is 335 g/mol. The van der Waals surface area contributed by atoms with Gasteiger partial charge in [-0.3, -0.25) is 4.68 Å². The molecule has 1 aromatic carbocycles. The fourth-order valence-electron chi connectivity index (χ4n) is 2.64. The number of aromatic nitrogens is 4. The van der Waals surface area contributed by atoms with Gasteiger partial charge in [0, 0.05) is 29.7 Å². The molecule has 0 radical (unpaired) electrons. The second kappa shape index (κ2) is 6.05. The first-order chi connectivity index (χ1) is 11.7. The van der Waals surface area contributed by atoms with Crippen molar-refractivity contribution in [3.05, 3.63) is 60.2 Å². The number of nitrogens with zero attached hydrogens (tertiary/aromatic N) is 4. The van der Waals surface area contributed by atoms with Gasteiger partial charge in [-0.25, -0.2) is 9.97 Å². The Morgan fingerprint density at radius 1 is 1.17 bits per heavy atom. The van der Waals surface area contributed by atoms with E-state index >= 15 is 0 Å². The zero-order valence-electron chi connectivity index (χ0n) is 13.5. The molecule has 4 rings (SSSR count). The van der Waals surface area contributed by atoms with Gasteiger partial charge in [-0.1, -0.05) is 30.3 Å². The maximum atomic E-state index is 4.42. The van der Waals surface area contributed by atoms with E-state index in [2.05, 4.69) is 57.6 Å². The van der Waals surface area contributed by atoms with Gasteiger partial charge in [-0.05, 0) is 18.6 Å². The summed E-state index contributed by atoms with van der Waals surface area (Å²) in [6.45, 7) is 2.76. The van der Waals surface area contributed by atoms with Gasteiger partial charge in [0.15, 0.2) is 0 Å². The van der Waals surface area contributed by atoms with E-state index in [1.807, 2.05) is 24.0 Å². The largest absolute Gasteiger partial charge is 0.365 e. The van der Waals surface area contributed by atoms with Crippen molar-refractivity contribution in [2.75, 3.05) is 5.32 Å². The number of nitrogens with one attached hydrogen (secondary N) is 1.